The molecule has 1 aromatic heterocycles. The Morgan fingerprint density at radius 1 is 0.632 bits per heavy atom. The van der Waals surface area contributed by atoms with Crippen LogP contribution in [0.5, 0.6) is 0 Å². The predicted molar refractivity (Wildman–Crippen MR) is 82.2 cm³/mol. The van der Waals surface area contributed by atoms with Crippen molar-refractivity contribution in [3.8, 4) is 0 Å². The number of rotatable bonds is 0. The molecule has 0 amide bonds. The summed E-state index contributed by atoms with van der Waals surface area (Å²) in [7, 11) is 0. The standard InChI is InChI=1S/C10H8.C7H6N2.H2/c1-2-6-10-8-4-3-7-9(10)5-1;1-2-4-7-6(3-1)5-8-9-7;/h1-8H;1-5H,(H,8,9);1H. The Balaban J connectivity index is 0.000000141. The fraction of sp³-hybridized carbons (Fsp3) is 0. The van der Waals surface area contributed by atoms with Crippen molar-refractivity contribution in [2.45, 2.75) is 0 Å². The van der Waals surface area contributed by atoms with Gasteiger partial charge in [-0.3, -0.25) is 5.10 Å². The molecular weight excluding hydrogens is 232 g/mol. The molecule has 0 spiro atoms. The van der Waals surface area contributed by atoms with Gasteiger partial charge in [-0.25, -0.2) is 0 Å². The quantitative estimate of drug-likeness (QED) is 0.482. The molecule has 19 heavy (non-hydrogen) atoms. The first-order chi connectivity index (χ1) is 9.43. The Labute approximate surface area is 113 Å². The molecule has 0 aliphatic heterocycles. The number of nitrogens with one attached hydrogen (secondary N) is 1. The zero-order valence-corrected chi connectivity index (χ0v) is 10.5. The molecule has 0 radical (unpaired) electrons. The first kappa shape index (κ1) is 11.5. The highest BCUT2D eigenvalue weighted by Gasteiger charge is 1.88. The molecule has 0 saturated carbocycles. The molecule has 0 aliphatic rings. The Hall–Kier alpha value is -2.61. The maximum atomic E-state index is 3.88. The van der Waals surface area contributed by atoms with Crippen LogP contribution in [-0.4, -0.2) is 10.2 Å². The van der Waals surface area contributed by atoms with Crippen molar-refractivity contribution >= 4 is 21.7 Å². The Morgan fingerprint density at radius 2 is 1.11 bits per heavy atom. The summed E-state index contributed by atoms with van der Waals surface area (Å²) in [5.41, 5.74) is 1.09. The van der Waals surface area contributed by atoms with Gasteiger partial charge in [0, 0.05) is 6.81 Å². The third-order valence-corrected chi connectivity index (χ3v) is 3.01. The Bertz CT molecular complexity index is 697. The monoisotopic (exact) mass is 248 g/mol. The van der Waals surface area contributed by atoms with E-state index < -0.39 is 0 Å². The van der Waals surface area contributed by atoms with Gasteiger partial charge in [-0.1, -0.05) is 66.7 Å². The van der Waals surface area contributed by atoms with Crippen LogP contribution in [0.25, 0.3) is 21.7 Å². The molecule has 0 fully saturated rings. The van der Waals surface area contributed by atoms with Gasteiger partial charge in [0.05, 0.1) is 11.7 Å². The summed E-state index contributed by atoms with van der Waals surface area (Å²) >= 11 is 0. The second-order valence-corrected chi connectivity index (χ2v) is 4.30. The minimum absolute atomic E-state index is 0. The maximum absolute atomic E-state index is 3.88. The minimum Gasteiger partial charge on any atom is -0.278 e. The van der Waals surface area contributed by atoms with E-state index in [9.17, 15) is 0 Å². The van der Waals surface area contributed by atoms with E-state index in [0.29, 0.717) is 0 Å². The number of benzene rings is 3. The van der Waals surface area contributed by atoms with Gasteiger partial charge in [-0.15, -0.1) is 0 Å². The Morgan fingerprint density at radius 3 is 1.63 bits per heavy atom. The van der Waals surface area contributed by atoms with E-state index in [0.717, 1.165) is 10.9 Å². The smallest absolute Gasteiger partial charge is 0.0650 e. The average molecular weight is 248 g/mol. The van der Waals surface area contributed by atoms with Crippen LogP contribution >= 0.6 is 0 Å². The minimum atomic E-state index is 0. The zero-order valence-electron chi connectivity index (χ0n) is 10.5. The van der Waals surface area contributed by atoms with Crippen LogP contribution in [0.1, 0.15) is 1.43 Å². The lowest BCUT2D eigenvalue weighted by molar-refractivity contribution is 1.12. The summed E-state index contributed by atoms with van der Waals surface area (Å²) in [4.78, 5) is 0. The highest BCUT2D eigenvalue weighted by Crippen LogP contribution is 2.11. The van der Waals surface area contributed by atoms with Crippen molar-refractivity contribution in [3.05, 3.63) is 79.0 Å². The van der Waals surface area contributed by atoms with E-state index in [1.165, 1.54) is 10.8 Å². The topological polar surface area (TPSA) is 28.7 Å². The third-order valence-electron chi connectivity index (χ3n) is 3.01. The SMILES string of the molecule is [HH].c1ccc2[nH]ncc2c1.c1ccc2ccccc2c1. The number of nitrogens with zero attached hydrogens (tertiary/aromatic N) is 1. The number of hydrogen-bond acceptors (Lipinski definition) is 1. The molecule has 0 atom stereocenters. The van der Waals surface area contributed by atoms with Gasteiger partial charge >= 0.3 is 0 Å². The van der Waals surface area contributed by atoms with Gasteiger partial charge in [0.1, 0.15) is 0 Å². The van der Waals surface area contributed by atoms with Gasteiger partial charge in [0.2, 0.25) is 0 Å². The predicted octanol–water partition coefficient (Wildman–Crippen LogP) is 4.65. The number of H-pyrrole nitrogens is 1. The van der Waals surface area contributed by atoms with Gasteiger partial charge < -0.3 is 0 Å². The van der Waals surface area contributed by atoms with Crippen LogP contribution in [0.3, 0.4) is 0 Å². The fourth-order valence-electron chi connectivity index (χ4n) is 2.02. The van der Waals surface area contributed by atoms with E-state index in [2.05, 4.69) is 58.7 Å². The molecule has 0 saturated heterocycles. The molecular formula is C17H16N2. The van der Waals surface area contributed by atoms with Crippen LogP contribution in [0, 0.1) is 0 Å². The second kappa shape index (κ2) is 5.36. The lowest BCUT2D eigenvalue weighted by atomic mass is 10.1. The van der Waals surface area contributed by atoms with Crippen molar-refractivity contribution in [1.82, 2.24) is 10.2 Å². The number of aromatic amines is 1. The molecule has 1 heterocycles. The summed E-state index contributed by atoms with van der Waals surface area (Å²) in [6, 6.07) is 24.7. The first-order valence-corrected chi connectivity index (χ1v) is 6.25. The first-order valence-electron chi connectivity index (χ1n) is 6.25. The van der Waals surface area contributed by atoms with E-state index in [4.69, 9.17) is 0 Å². The third kappa shape index (κ3) is 2.63. The van der Waals surface area contributed by atoms with E-state index in [1.54, 1.807) is 0 Å². The molecule has 0 unspecified atom stereocenters. The van der Waals surface area contributed by atoms with Crippen molar-refractivity contribution in [2.75, 3.05) is 0 Å². The summed E-state index contributed by atoms with van der Waals surface area (Å²) in [5.74, 6) is 0. The molecule has 4 aromatic rings. The van der Waals surface area contributed by atoms with E-state index in [-0.39, 0.29) is 1.43 Å². The molecule has 4 rings (SSSR count). The lowest BCUT2D eigenvalue weighted by Gasteiger charge is -1.92. The molecule has 1 N–H and O–H groups in total. The van der Waals surface area contributed by atoms with Crippen LogP contribution in [0.2, 0.25) is 0 Å². The van der Waals surface area contributed by atoms with Crippen LogP contribution in [0.15, 0.2) is 79.0 Å². The Kier molecular flexibility index (Phi) is 3.24. The largest absolute Gasteiger partial charge is 0.278 e. The summed E-state index contributed by atoms with van der Waals surface area (Å²) in [6.07, 6.45) is 1.81. The number of para-hydroxylation sites is 1. The van der Waals surface area contributed by atoms with Crippen LogP contribution in [0.4, 0.5) is 0 Å². The van der Waals surface area contributed by atoms with Crippen LogP contribution < -0.4 is 0 Å². The normalized spacial score (nSPS) is 10.1. The molecule has 0 bridgehead atoms. The lowest BCUT2D eigenvalue weighted by Crippen LogP contribution is -1.67. The van der Waals surface area contributed by atoms with Crippen molar-refractivity contribution < 1.29 is 1.43 Å². The van der Waals surface area contributed by atoms with Gasteiger partial charge in [0.15, 0.2) is 0 Å². The number of aromatic nitrogens is 2. The number of fused-ring (bicyclic) bond motifs is 2. The van der Waals surface area contributed by atoms with Crippen molar-refractivity contribution in [3.63, 3.8) is 0 Å². The zero-order chi connectivity index (χ0) is 12.9. The second-order valence-electron chi connectivity index (χ2n) is 4.30. The van der Waals surface area contributed by atoms with Crippen LogP contribution in [-0.2, 0) is 0 Å². The summed E-state index contributed by atoms with van der Waals surface area (Å²) < 4.78 is 0. The molecule has 2 heteroatoms. The highest BCUT2D eigenvalue weighted by molar-refractivity contribution is 5.82. The molecule has 3 aromatic carbocycles. The van der Waals surface area contributed by atoms with Crippen molar-refractivity contribution in [2.24, 2.45) is 0 Å². The van der Waals surface area contributed by atoms with Gasteiger partial charge in [-0.2, -0.15) is 5.10 Å². The molecule has 2 nitrogen and oxygen atoms in total. The summed E-state index contributed by atoms with van der Waals surface area (Å²) in [6.45, 7) is 0. The van der Waals surface area contributed by atoms with E-state index >= 15 is 0 Å². The maximum Gasteiger partial charge on any atom is 0.0650 e. The fourth-order valence-corrected chi connectivity index (χ4v) is 2.02. The van der Waals surface area contributed by atoms with Crippen molar-refractivity contribution in [1.29, 1.82) is 0 Å². The molecule has 0 aliphatic carbocycles. The van der Waals surface area contributed by atoms with Gasteiger partial charge in [-0.05, 0) is 16.8 Å². The van der Waals surface area contributed by atoms with Gasteiger partial charge in [0.25, 0.3) is 0 Å². The highest BCUT2D eigenvalue weighted by atomic mass is 15.1. The summed E-state index contributed by atoms with van der Waals surface area (Å²) in [5, 5.41) is 10.5. The average Bonchev–Trinajstić information content (AvgIpc) is 2.96. The number of hydrogen-bond donors (Lipinski definition) is 1. The molecule has 94 valence electrons. The van der Waals surface area contributed by atoms with E-state index in [1.807, 2.05) is 30.5 Å².